The van der Waals surface area contributed by atoms with E-state index in [1.165, 1.54) is 15.9 Å². The van der Waals surface area contributed by atoms with Crippen molar-refractivity contribution >= 4 is 34.8 Å². The van der Waals surface area contributed by atoms with E-state index in [1.54, 1.807) is 7.11 Å². The molecule has 5 aromatic carbocycles. The second kappa shape index (κ2) is 12.6. The maximum absolute atomic E-state index is 13.6. The fourth-order valence-corrected chi connectivity index (χ4v) is 9.14. The van der Waals surface area contributed by atoms with Crippen molar-refractivity contribution in [3.05, 3.63) is 144 Å². The molecule has 0 bridgehead atoms. The highest BCUT2D eigenvalue weighted by Gasteiger charge is 2.39. The van der Waals surface area contributed by atoms with E-state index in [2.05, 4.69) is 116 Å². The molecule has 1 aliphatic heterocycles. The lowest BCUT2D eigenvalue weighted by Gasteiger charge is -2.38. The first kappa shape index (κ1) is 31.2. The number of rotatable bonds is 8. The minimum Gasteiger partial charge on any atom is -0.497 e. The Morgan fingerprint density at radius 1 is 0.733 bits per heavy atom. The van der Waals surface area contributed by atoms with E-state index in [0.717, 1.165) is 39.5 Å². The second-order valence-corrected chi connectivity index (χ2v) is 17.0. The third-order valence-corrected chi connectivity index (χ3v) is 12.4. The Morgan fingerprint density at radius 3 is 1.84 bits per heavy atom. The molecule has 1 heterocycles. The maximum Gasteiger partial charge on any atom is 0.139 e. The molecule has 45 heavy (non-hydrogen) atoms. The van der Waals surface area contributed by atoms with Crippen LogP contribution in [0.15, 0.2) is 121 Å². The van der Waals surface area contributed by atoms with Crippen molar-refractivity contribution in [2.75, 3.05) is 7.11 Å². The number of nitrogens with one attached hydrogen (secondary N) is 1. The van der Waals surface area contributed by atoms with Crippen molar-refractivity contribution in [2.24, 2.45) is 0 Å². The minimum absolute atomic E-state index is 0.336. The fourth-order valence-electron chi connectivity index (χ4n) is 5.91. The number of benzene rings is 5. The van der Waals surface area contributed by atoms with Gasteiger partial charge in [0.1, 0.15) is 17.2 Å². The quantitative estimate of drug-likeness (QED) is 0.176. The molecule has 5 aromatic rings. The average Bonchev–Trinajstić information content (AvgIpc) is 3.04. The van der Waals surface area contributed by atoms with Crippen LogP contribution in [0.5, 0.6) is 17.2 Å². The van der Waals surface area contributed by atoms with Gasteiger partial charge in [-0.3, -0.25) is 0 Å². The van der Waals surface area contributed by atoms with Crippen molar-refractivity contribution in [1.29, 1.82) is 0 Å². The molecule has 0 spiro atoms. The number of fused-ring (bicyclic) bond motifs is 2. The van der Waals surface area contributed by atoms with Crippen molar-refractivity contribution in [1.82, 2.24) is 4.72 Å². The summed E-state index contributed by atoms with van der Waals surface area (Å²) < 4.78 is 29.3. The summed E-state index contributed by atoms with van der Waals surface area (Å²) in [5.41, 5.74) is 3.87. The highest BCUT2D eigenvalue weighted by atomic mass is 32.2. The van der Waals surface area contributed by atoms with Gasteiger partial charge in [0, 0.05) is 27.4 Å². The molecule has 0 aliphatic carbocycles. The Hall–Kier alpha value is -3.76. The normalized spacial score (nSPS) is 15.0. The number of hydrogen-bond acceptors (Lipinski definition) is 3. The molecule has 2 atom stereocenters. The van der Waals surface area contributed by atoms with Crippen LogP contribution >= 0.6 is 7.92 Å². The van der Waals surface area contributed by atoms with Crippen LogP contribution in [0.3, 0.4) is 0 Å². The fraction of sp³-hybridized carbons (Fsp3) is 0.231. The monoisotopic (exact) mass is 633 g/mol. The van der Waals surface area contributed by atoms with Gasteiger partial charge in [0.15, 0.2) is 0 Å². The maximum atomic E-state index is 13.6. The SMILES string of the molecule is COc1ccc([C@H](NS(=O)C(C)(C)C)c2cccc3c2Oc2c(P(c4ccccc4)c4ccccc4)cccc2C3(C)C)cc1. The summed E-state index contributed by atoms with van der Waals surface area (Å²) in [6.45, 7) is 10.5. The van der Waals surface area contributed by atoms with E-state index in [4.69, 9.17) is 9.47 Å². The molecular weight excluding hydrogens is 593 g/mol. The van der Waals surface area contributed by atoms with Crippen LogP contribution < -0.4 is 30.1 Å². The molecule has 0 saturated carbocycles. The third kappa shape index (κ3) is 6.10. The first-order valence-electron chi connectivity index (χ1n) is 15.3. The first-order valence-corrected chi connectivity index (χ1v) is 17.8. The minimum atomic E-state index is -1.34. The van der Waals surface area contributed by atoms with Crippen LogP contribution in [0.25, 0.3) is 0 Å². The topological polar surface area (TPSA) is 47.6 Å². The first-order chi connectivity index (χ1) is 21.6. The highest BCUT2D eigenvalue weighted by molar-refractivity contribution is 7.84. The van der Waals surface area contributed by atoms with Gasteiger partial charge in [-0.2, -0.15) is 0 Å². The predicted molar refractivity (Wildman–Crippen MR) is 190 cm³/mol. The van der Waals surface area contributed by atoms with Gasteiger partial charge in [0.25, 0.3) is 0 Å². The number of methoxy groups -OCH3 is 1. The summed E-state index contributed by atoms with van der Waals surface area (Å²) in [7, 11) is -0.570. The van der Waals surface area contributed by atoms with E-state index < -0.39 is 23.7 Å². The van der Waals surface area contributed by atoms with E-state index >= 15 is 0 Å². The van der Waals surface area contributed by atoms with Crippen molar-refractivity contribution in [3.8, 4) is 17.2 Å². The standard InChI is InChI=1S/C39H40NO3PS/c1-38(2,3)45(41)40-35(27-23-25-28(42-6)26-24-27)31-19-13-20-32-36(31)43-37-33(39(32,4)5)21-14-22-34(37)44(29-15-9-7-10-16-29)30-17-11-8-12-18-30/h7-26,35,40H,1-6H3/t35-,45?/m0/s1. The van der Waals surface area contributed by atoms with E-state index in [1.807, 2.05) is 45.0 Å². The number of para-hydroxylation sites is 2. The lowest BCUT2D eigenvalue weighted by atomic mass is 9.74. The number of hydrogen-bond donors (Lipinski definition) is 1. The molecule has 1 unspecified atom stereocenters. The molecule has 4 nitrogen and oxygen atoms in total. The number of ether oxygens (including phenoxy) is 2. The zero-order chi connectivity index (χ0) is 31.8. The highest BCUT2D eigenvalue weighted by Crippen LogP contribution is 2.52. The Balaban J connectivity index is 1.54. The van der Waals surface area contributed by atoms with Crippen LogP contribution in [0.4, 0.5) is 0 Å². The molecule has 230 valence electrons. The zero-order valence-corrected chi connectivity index (χ0v) is 28.4. The van der Waals surface area contributed by atoms with Crippen LogP contribution in [0.2, 0.25) is 0 Å². The van der Waals surface area contributed by atoms with Gasteiger partial charge in [-0.25, -0.2) is 8.93 Å². The zero-order valence-electron chi connectivity index (χ0n) is 26.7. The summed E-state index contributed by atoms with van der Waals surface area (Å²) in [6, 6.07) is 42.0. The molecule has 0 amide bonds. The second-order valence-electron chi connectivity index (χ2n) is 12.8. The largest absolute Gasteiger partial charge is 0.497 e. The van der Waals surface area contributed by atoms with Crippen LogP contribution in [0, 0.1) is 0 Å². The van der Waals surface area contributed by atoms with Crippen molar-refractivity contribution < 1.29 is 13.7 Å². The molecule has 1 aliphatic rings. The summed E-state index contributed by atoms with van der Waals surface area (Å²) in [6.07, 6.45) is 0. The van der Waals surface area contributed by atoms with Gasteiger partial charge < -0.3 is 9.47 Å². The molecular formula is C39H40NO3PS. The third-order valence-electron chi connectivity index (χ3n) is 8.40. The predicted octanol–water partition coefficient (Wildman–Crippen LogP) is 8.03. The van der Waals surface area contributed by atoms with Gasteiger partial charge in [-0.15, -0.1) is 0 Å². The van der Waals surface area contributed by atoms with Gasteiger partial charge in [0.2, 0.25) is 0 Å². The Morgan fingerprint density at radius 2 is 1.29 bits per heavy atom. The molecule has 6 heteroatoms. The Labute approximate surface area is 271 Å². The van der Waals surface area contributed by atoms with Crippen LogP contribution in [-0.4, -0.2) is 16.1 Å². The molecule has 1 N–H and O–H groups in total. The van der Waals surface area contributed by atoms with Crippen molar-refractivity contribution in [2.45, 2.75) is 50.8 Å². The summed E-state index contributed by atoms with van der Waals surface area (Å²) in [5, 5.41) is 3.72. The molecule has 0 fully saturated rings. The summed E-state index contributed by atoms with van der Waals surface area (Å²) in [5.74, 6) is 2.50. The van der Waals surface area contributed by atoms with E-state index in [0.29, 0.717) is 0 Å². The molecule has 0 saturated heterocycles. The van der Waals surface area contributed by atoms with Gasteiger partial charge >= 0.3 is 0 Å². The van der Waals surface area contributed by atoms with Gasteiger partial charge in [-0.05, 0) is 57.0 Å². The molecule has 6 rings (SSSR count). The Kier molecular flexibility index (Phi) is 8.72. The lowest BCUT2D eigenvalue weighted by Crippen LogP contribution is -2.37. The van der Waals surface area contributed by atoms with Crippen LogP contribution in [0.1, 0.15) is 62.9 Å². The van der Waals surface area contributed by atoms with Crippen LogP contribution in [-0.2, 0) is 16.4 Å². The van der Waals surface area contributed by atoms with E-state index in [-0.39, 0.29) is 11.5 Å². The summed E-state index contributed by atoms with van der Waals surface area (Å²) in [4.78, 5) is 0. The molecule has 0 radical (unpaired) electrons. The van der Waals surface area contributed by atoms with Gasteiger partial charge in [0.05, 0.1) is 28.9 Å². The lowest BCUT2D eigenvalue weighted by molar-refractivity contribution is 0.412. The summed E-state index contributed by atoms with van der Waals surface area (Å²) >= 11 is 0. The van der Waals surface area contributed by atoms with Gasteiger partial charge in [-0.1, -0.05) is 123 Å². The Bertz CT molecular complexity index is 1780. The molecule has 0 aromatic heterocycles. The smallest absolute Gasteiger partial charge is 0.139 e. The van der Waals surface area contributed by atoms with Crippen molar-refractivity contribution in [3.63, 3.8) is 0 Å². The van der Waals surface area contributed by atoms with E-state index in [9.17, 15) is 4.21 Å². The average molecular weight is 634 g/mol.